The molecule has 1 saturated heterocycles. The number of ether oxygens (including phenoxy) is 1. The van der Waals surface area contributed by atoms with Gasteiger partial charge in [0.25, 0.3) is 0 Å². The van der Waals surface area contributed by atoms with Crippen LogP contribution in [0.1, 0.15) is 38.3 Å². The van der Waals surface area contributed by atoms with Crippen LogP contribution in [0.3, 0.4) is 0 Å². The Kier molecular flexibility index (Phi) is 7.11. The highest BCUT2D eigenvalue weighted by Gasteiger charge is 2.34. The van der Waals surface area contributed by atoms with E-state index in [2.05, 4.69) is 37.2 Å². The molecule has 0 spiro atoms. The summed E-state index contributed by atoms with van der Waals surface area (Å²) in [7, 11) is 0. The Labute approximate surface area is 197 Å². The van der Waals surface area contributed by atoms with Gasteiger partial charge in [0.1, 0.15) is 11.6 Å². The lowest BCUT2D eigenvalue weighted by Gasteiger charge is -2.32. The lowest BCUT2D eigenvalue weighted by atomic mass is 10.1. The van der Waals surface area contributed by atoms with E-state index in [4.69, 9.17) is 5.41 Å². The summed E-state index contributed by atoms with van der Waals surface area (Å²) in [4.78, 5) is 13.1. The largest absolute Gasteiger partial charge is 0.573 e. The van der Waals surface area contributed by atoms with Gasteiger partial charge in [-0.25, -0.2) is 4.98 Å². The van der Waals surface area contributed by atoms with Crippen LogP contribution in [0.5, 0.6) is 5.75 Å². The second kappa shape index (κ2) is 10.0. The summed E-state index contributed by atoms with van der Waals surface area (Å²) >= 11 is 0. The molecule has 2 aromatic rings. The molecule has 2 heterocycles. The van der Waals surface area contributed by atoms with Gasteiger partial charge in [0.15, 0.2) is 0 Å². The van der Waals surface area contributed by atoms with Gasteiger partial charge < -0.3 is 19.9 Å². The van der Waals surface area contributed by atoms with Gasteiger partial charge in [0.05, 0.1) is 0 Å². The summed E-state index contributed by atoms with van der Waals surface area (Å²) in [6.07, 6.45) is -0.757. The molecule has 184 valence electrons. The molecule has 1 saturated carbocycles. The molecule has 1 atom stereocenters. The fourth-order valence-electron chi connectivity index (χ4n) is 4.20. The molecule has 1 aliphatic carbocycles. The van der Waals surface area contributed by atoms with E-state index in [0.717, 1.165) is 51.0 Å². The summed E-state index contributed by atoms with van der Waals surface area (Å²) in [6, 6.07) is 7.82. The molecule has 8 nitrogen and oxygen atoms in total. The van der Waals surface area contributed by atoms with Crippen LogP contribution in [-0.4, -0.2) is 58.9 Å². The predicted octanol–water partition coefficient (Wildman–Crippen LogP) is 4.60. The van der Waals surface area contributed by atoms with Gasteiger partial charge in [-0.2, -0.15) is 4.98 Å². The van der Waals surface area contributed by atoms with Gasteiger partial charge in [-0.1, -0.05) is 6.92 Å². The third kappa shape index (κ3) is 6.49. The van der Waals surface area contributed by atoms with Gasteiger partial charge in [0, 0.05) is 36.1 Å². The van der Waals surface area contributed by atoms with Gasteiger partial charge in [-0.3, -0.25) is 10.7 Å². The Hall–Kier alpha value is -3.08. The molecule has 3 N–H and O–H groups in total. The van der Waals surface area contributed by atoms with Crippen molar-refractivity contribution in [3.05, 3.63) is 36.0 Å². The number of nitrogens with zero attached hydrogens (tertiary/aromatic N) is 4. The van der Waals surface area contributed by atoms with Crippen LogP contribution in [0, 0.1) is 12.3 Å². The van der Waals surface area contributed by atoms with Crippen LogP contribution in [-0.2, 0) is 0 Å². The van der Waals surface area contributed by atoms with E-state index < -0.39 is 6.36 Å². The maximum atomic E-state index is 12.5. The van der Waals surface area contributed by atoms with Crippen molar-refractivity contribution in [2.75, 3.05) is 35.2 Å². The molecular formula is C23H30F3N7O. The first-order valence-corrected chi connectivity index (χ1v) is 11.6. The van der Waals surface area contributed by atoms with Crippen molar-refractivity contribution in [1.82, 2.24) is 14.9 Å². The molecule has 0 bridgehead atoms. The Morgan fingerprint density at radius 1 is 1.21 bits per heavy atom. The highest BCUT2D eigenvalue weighted by atomic mass is 19.4. The minimum atomic E-state index is -4.74. The quantitative estimate of drug-likeness (QED) is 0.397. The minimum Gasteiger partial charge on any atom is -0.406 e. The van der Waals surface area contributed by atoms with Crippen LogP contribution >= 0.6 is 0 Å². The first-order chi connectivity index (χ1) is 16.2. The van der Waals surface area contributed by atoms with E-state index in [-0.39, 0.29) is 17.8 Å². The summed E-state index contributed by atoms with van der Waals surface area (Å²) in [5.41, 5.74) is 1.37. The molecular weight excluding hydrogens is 447 g/mol. The van der Waals surface area contributed by atoms with Crippen LogP contribution in [0.2, 0.25) is 0 Å². The average Bonchev–Trinajstić information content (AvgIpc) is 3.59. The van der Waals surface area contributed by atoms with Crippen molar-refractivity contribution in [2.24, 2.45) is 0 Å². The van der Waals surface area contributed by atoms with E-state index >= 15 is 0 Å². The van der Waals surface area contributed by atoms with E-state index in [9.17, 15) is 13.2 Å². The summed E-state index contributed by atoms with van der Waals surface area (Å²) in [5.74, 6) is 0.780. The van der Waals surface area contributed by atoms with Gasteiger partial charge in [-0.15, -0.1) is 13.2 Å². The van der Waals surface area contributed by atoms with Crippen molar-refractivity contribution in [2.45, 2.75) is 58.0 Å². The van der Waals surface area contributed by atoms with Crippen LogP contribution in [0.15, 0.2) is 30.3 Å². The minimum absolute atomic E-state index is 0.0679. The third-order valence-electron chi connectivity index (χ3n) is 5.89. The second-order valence-corrected chi connectivity index (χ2v) is 8.71. The zero-order valence-corrected chi connectivity index (χ0v) is 19.3. The SMILES string of the molecule is CCN1CCCC(Nc2cc(C)nc(NC(=N)N(c3ccc(OC(F)(F)F)cc3)C3CC3)n2)C1. The molecule has 11 heteroatoms. The molecule has 1 unspecified atom stereocenters. The van der Waals surface area contributed by atoms with E-state index in [1.54, 1.807) is 4.90 Å². The Morgan fingerprint density at radius 3 is 2.59 bits per heavy atom. The lowest BCUT2D eigenvalue weighted by Crippen LogP contribution is -2.42. The maximum absolute atomic E-state index is 12.5. The Bertz CT molecular complexity index is 995. The number of aryl methyl sites for hydroxylation is 1. The van der Waals surface area contributed by atoms with Gasteiger partial charge in [-0.05, 0) is 70.0 Å². The van der Waals surface area contributed by atoms with E-state index in [0.29, 0.717) is 23.5 Å². The van der Waals surface area contributed by atoms with Crippen molar-refractivity contribution in [3.63, 3.8) is 0 Å². The van der Waals surface area contributed by atoms with Crippen molar-refractivity contribution < 1.29 is 17.9 Å². The number of benzene rings is 1. The first kappa shape index (κ1) is 24.1. The van der Waals surface area contributed by atoms with Crippen molar-refractivity contribution in [3.8, 4) is 5.75 Å². The normalized spacial score (nSPS) is 18.9. The number of guanidine groups is 1. The van der Waals surface area contributed by atoms with Gasteiger partial charge >= 0.3 is 6.36 Å². The molecule has 2 aliphatic rings. The summed E-state index contributed by atoms with van der Waals surface area (Å²) < 4.78 is 41.3. The molecule has 1 aromatic heterocycles. The zero-order chi connectivity index (χ0) is 24.3. The molecule has 2 fully saturated rings. The second-order valence-electron chi connectivity index (χ2n) is 8.71. The zero-order valence-electron chi connectivity index (χ0n) is 19.3. The summed E-state index contributed by atoms with van der Waals surface area (Å²) in [6.45, 7) is 7.13. The first-order valence-electron chi connectivity index (χ1n) is 11.6. The number of nitrogens with one attached hydrogen (secondary N) is 3. The fourth-order valence-corrected chi connectivity index (χ4v) is 4.20. The van der Waals surface area contributed by atoms with Crippen LogP contribution < -0.4 is 20.3 Å². The number of halogens is 3. The maximum Gasteiger partial charge on any atom is 0.573 e. The number of piperidine rings is 1. The topological polar surface area (TPSA) is 89.4 Å². The van der Waals surface area contributed by atoms with Crippen molar-refractivity contribution in [1.29, 1.82) is 5.41 Å². The highest BCUT2D eigenvalue weighted by molar-refractivity contribution is 6.03. The van der Waals surface area contributed by atoms with E-state index in [1.807, 2.05) is 13.0 Å². The number of hydrogen-bond acceptors (Lipinski definition) is 6. The number of rotatable bonds is 7. The number of likely N-dealkylation sites (N-methyl/N-ethyl adjacent to an activating group) is 1. The number of likely N-dealkylation sites (tertiary alicyclic amines) is 1. The lowest BCUT2D eigenvalue weighted by molar-refractivity contribution is -0.274. The van der Waals surface area contributed by atoms with Gasteiger partial charge in [0.2, 0.25) is 11.9 Å². The Balaban J connectivity index is 1.45. The molecule has 1 aliphatic heterocycles. The Morgan fingerprint density at radius 2 is 1.94 bits per heavy atom. The van der Waals surface area contributed by atoms with E-state index in [1.165, 1.54) is 24.3 Å². The monoisotopic (exact) mass is 477 g/mol. The average molecular weight is 478 g/mol. The molecule has 4 rings (SSSR count). The number of anilines is 3. The molecule has 0 amide bonds. The highest BCUT2D eigenvalue weighted by Crippen LogP contribution is 2.33. The van der Waals surface area contributed by atoms with Crippen molar-refractivity contribution >= 4 is 23.4 Å². The summed E-state index contributed by atoms with van der Waals surface area (Å²) in [5, 5.41) is 15.1. The molecule has 1 aromatic carbocycles. The fraction of sp³-hybridized carbons (Fsp3) is 0.522. The molecule has 0 radical (unpaired) electrons. The van der Waals surface area contributed by atoms with Crippen LogP contribution in [0.25, 0.3) is 0 Å². The third-order valence-corrected chi connectivity index (χ3v) is 5.89. The number of alkyl halides is 3. The number of aromatic nitrogens is 2. The number of hydrogen-bond donors (Lipinski definition) is 3. The smallest absolute Gasteiger partial charge is 0.406 e. The predicted molar refractivity (Wildman–Crippen MR) is 126 cm³/mol. The standard InChI is InChI=1S/C23H30F3N7O/c1-3-32-12-4-5-16(14-32)29-20-13-15(2)28-22(30-20)31-21(27)33(17-6-7-17)18-8-10-19(11-9-18)34-23(24,25)26/h8-11,13,16-17H,3-7,12,14H2,1-2H3,(H3,27,28,29,30,31). The van der Waals surface area contributed by atoms with Crippen LogP contribution in [0.4, 0.5) is 30.6 Å². The molecule has 34 heavy (non-hydrogen) atoms.